The maximum atomic E-state index is 14.8. The minimum atomic E-state index is -9.49. The van der Waals surface area contributed by atoms with Crippen LogP contribution in [0.4, 0.5) is 92.2 Å². The Bertz CT molecular complexity index is 1400. The van der Waals surface area contributed by atoms with Crippen LogP contribution < -0.4 is 0 Å². The van der Waals surface area contributed by atoms with Gasteiger partial charge < -0.3 is 10.0 Å². The van der Waals surface area contributed by atoms with Crippen molar-refractivity contribution in [2.24, 2.45) is 0 Å². The number of halogens is 21. The van der Waals surface area contributed by atoms with Crippen molar-refractivity contribution in [2.75, 3.05) is 39.5 Å². The van der Waals surface area contributed by atoms with Crippen LogP contribution in [-0.4, -0.2) is 140 Å². The van der Waals surface area contributed by atoms with Crippen molar-refractivity contribution in [3.8, 4) is 0 Å². The van der Waals surface area contributed by atoms with Crippen molar-refractivity contribution in [3.63, 3.8) is 0 Å². The van der Waals surface area contributed by atoms with Gasteiger partial charge in [0.15, 0.2) is 0 Å². The van der Waals surface area contributed by atoms with Crippen LogP contribution in [0.1, 0.15) is 12.8 Å². The van der Waals surface area contributed by atoms with E-state index in [4.69, 9.17) is 4.55 Å². The van der Waals surface area contributed by atoms with Gasteiger partial charge in [-0.3, -0.25) is 4.55 Å². The first-order valence-electron chi connectivity index (χ1n) is 12.2. The molecule has 0 radical (unpaired) electrons. The minimum Gasteiger partial charge on any atom is -0.395 e. The first-order valence-corrected chi connectivity index (χ1v) is 15.2. The number of sulfonamides is 1. The lowest BCUT2D eigenvalue weighted by atomic mass is 9.87. The SMILES string of the molecule is CN(C)CCC(CO)N(CCCS(=O)(=O)O)S(=O)(=O)C(F)(F)C(F)(F)C(F)(F)C(F)(F)C(F)(F)C(F)(F)C(F)(F)C(F)(F)C(F)(F)C(F)(F)F. The smallest absolute Gasteiger partial charge is 0.395 e. The van der Waals surface area contributed by atoms with Crippen LogP contribution in [0.2, 0.25) is 0 Å². The standard InChI is InChI=1S/C19H21F21N2O6S2/c1-41(2)6-4-9(8-43)42(5-3-7-49(44,45)46)50(47,48)19(39,40)17(34,35)15(30,31)13(26,27)11(22,23)10(20,21)12(24,25)14(28,29)16(32,33)18(36,37)38/h9,43H,3-8H2,1-2H3,(H,44,45,46). The van der Waals surface area contributed by atoms with E-state index in [1.54, 1.807) is 0 Å². The number of nitrogens with zero attached hydrogens (tertiary/aromatic N) is 2. The third-order valence-corrected chi connectivity index (χ3v) is 9.23. The molecule has 0 aliphatic carbocycles. The summed E-state index contributed by atoms with van der Waals surface area (Å²) in [7, 11) is -11.0. The molecule has 31 heteroatoms. The lowest BCUT2D eigenvalue weighted by Crippen LogP contribution is -2.77. The molecule has 0 saturated carbocycles. The molecule has 0 aliphatic heterocycles. The van der Waals surface area contributed by atoms with Crippen LogP contribution in [0.15, 0.2) is 0 Å². The van der Waals surface area contributed by atoms with Gasteiger partial charge in [0.2, 0.25) is 0 Å². The molecule has 8 nitrogen and oxygen atoms in total. The van der Waals surface area contributed by atoms with Gasteiger partial charge in [0.25, 0.3) is 20.1 Å². The molecule has 0 bridgehead atoms. The molecule has 0 heterocycles. The summed E-state index contributed by atoms with van der Waals surface area (Å²) < 4.78 is 342. The second kappa shape index (κ2) is 13.9. The van der Waals surface area contributed by atoms with Gasteiger partial charge >= 0.3 is 58.8 Å². The van der Waals surface area contributed by atoms with E-state index in [-0.39, 0.29) is 0 Å². The quantitative estimate of drug-likeness (QED) is 0.132. The van der Waals surface area contributed by atoms with Crippen LogP contribution in [0, 0.1) is 0 Å². The van der Waals surface area contributed by atoms with Gasteiger partial charge in [-0.2, -0.15) is 105 Å². The van der Waals surface area contributed by atoms with E-state index >= 15 is 0 Å². The molecule has 0 saturated heterocycles. The van der Waals surface area contributed by atoms with Crippen LogP contribution in [0.5, 0.6) is 0 Å². The number of hydrogen-bond donors (Lipinski definition) is 2. The van der Waals surface area contributed by atoms with E-state index < -0.39 is 128 Å². The molecule has 1 atom stereocenters. The van der Waals surface area contributed by atoms with E-state index in [2.05, 4.69) is 0 Å². The molecule has 0 amide bonds. The van der Waals surface area contributed by atoms with Gasteiger partial charge in [0.1, 0.15) is 0 Å². The maximum Gasteiger partial charge on any atom is 0.460 e. The molecule has 0 aromatic carbocycles. The van der Waals surface area contributed by atoms with Crippen molar-refractivity contribution >= 4 is 20.1 Å². The van der Waals surface area contributed by atoms with Crippen molar-refractivity contribution in [2.45, 2.75) is 77.7 Å². The Kier molecular flexibility index (Phi) is 13.4. The summed E-state index contributed by atoms with van der Waals surface area (Å²) in [6.07, 6.45) is -10.7. The van der Waals surface area contributed by atoms with Gasteiger partial charge in [-0.1, -0.05) is 0 Å². The third kappa shape index (κ3) is 7.52. The maximum absolute atomic E-state index is 14.8. The highest BCUT2D eigenvalue weighted by Gasteiger charge is 2.98. The fourth-order valence-corrected chi connectivity index (χ4v) is 5.66. The number of alkyl halides is 21. The Labute approximate surface area is 265 Å². The summed E-state index contributed by atoms with van der Waals surface area (Å²) in [5.41, 5.74) is 0. The molecular formula is C19H21F21N2O6S2. The van der Waals surface area contributed by atoms with Crippen LogP contribution in [0.3, 0.4) is 0 Å². The van der Waals surface area contributed by atoms with Gasteiger partial charge in [0.05, 0.1) is 12.4 Å². The molecule has 0 rings (SSSR count). The van der Waals surface area contributed by atoms with Gasteiger partial charge in [-0.05, 0) is 33.5 Å². The number of rotatable bonds is 19. The number of aliphatic hydroxyl groups excluding tert-OH is 1. The summed E-state index contributed by atoms with van der Waals surface area (Å²) in [6, 6.07) is -2.61. The summed E-state index contributed by atoms with van der Waals surface area (Å²) >= 11 is 0. The second-order valence-corrected chi connectivity index (χ2v) is 13.8. The lowest BCUT2D eigenvalue weighted by Gasteiger charge is -2.44. The zero-order valence-electron chi connectivity index (χ0n) is 24.0. The molecule has 1 unspecified atom stereocenters. The van der Waals surface area contributed by atoms with E-state index in [0.717, 1.165) is 19.0 Å². The molecule has 302 valence electrons. The number of aliphatic hydroxyl groups is 1. The Hall–Kier alpha value is -1.73. The molecule has 2 N–H and O–H groups in total. The van der Waals surface area contributed by atoms with E-state index in [1.165, 1.54) is 0 Å². The highest BCUT2D eigenvalue weighted by molar-refractivity contribution is 7.90. The van der Waals surface area contributed by atoms with Crippen molar-refractivity contribution in [3.05, 3.63) is 0 Å². The predicted octanol–water partition coefficient (Wildman–Crippen LogP) is 5.45. The topological polar surface area (TPSA) is 115 Å². The summed E-state index contributed by atoms with van der Waals surface area (Å²) in [5.74, 6) is -75.1. The predicted molar refractivity (Wildman–Crippen MR) is 121 cm³/mol. The highest BCUT2D eigenvalue weighted by atomic mass is 32.2. The van der Waals surface area contributed by atoms with Crippen LogP contribution >= 0.6 is 0 Å². The first-order chi connectivity index (χ1) is 21.5. The molecule has 50 heavy (non-hydrogen) atoms. The zero-order valence-corrected chi connectivity index (χ0v) is 25.6. The summed E-state index contributed by atoms with van der Waals surface area (Å²) in [5, 5.41) is 1.30. The largest absolute Gasteiger partial charge is 0.460 e. The summed E-state index contributed by atoms with van der Waals surface area (Å²) in [6.45, 7) is -4.42. The molecule has 0 spiro atoms. The minimum absolute atomic E-state index is 0.598. The molecule has 0 aliphatic rings. The lowest BCUT2D eigenvalue weighted by molar-refractivity contribution is -0.472. The zero-order chi connectivity index (χ0) is 41.0. The van der Waals surface area contributed by atoms with E-state index in [1.807, 2.05) is 0 Å². The Morgan fingerprint density at radius 2 is 0.860 bits per heavy atom. The second-order valence-electron chi connectivity index (χ2n) is 10.3. The first kappa shape index (κ1) is 48.3. The molecule has 0 aromatic rings. The van der Waals surface area contributed by atoms with Gasteiger partial charge in [0, 0.05) is 12.6 Å². The highest BCUT2D eigenvalue weighted by Crippen LogP contribution is 2.66. The van der Waals surface area contributed by atoms with E-state index in [0.29, 0.717) is 0 Å². The molecule has 0 aromatic heterocycles. The van der Waals surface area contributed by atoms with Crippen LogP contribution in [-0.2, 0) is 20.1 Å². The summed E-state index contributed by atoms with van der Waals surface area (Å²) in [4.78, 5) is 0.999. The third-order valence-electron chi connectivity index (χ3n) is 6.42. The normalized spacial score (nSPS) is 16.8. The fourth-order valence-electron chi connectivity index (χ4n) is 3.49. The Balaban J connectivity index is 7.50. The van der Waals surface area contributed by atoms with Crippen molar-refractivity contribution < 1.29 is 119 Å². The molecule has 0 fully saturated rings. The monoisotopic (exact) mass is 836 g/mol. The van der Waals surface area contributed by atoms with Crippen molar-refractivity contribution in [1.29, 1.82) is 0 Å². The average molecular weight is 836 g/mol. The fraction of sp³-hybridized carbons (Fsp3) is 1.00. The van der Waals surface area contributed by atoms with Crippen molar-refractivity contribution in [1.82, 2.24) is 9.21 Å². The number of hydrogen-bond acceptors (Lipinski definition) is 6. The average Bonchev–Trinajstić information content (AvgIpc) is 2.89. The Morgan fingerprint density at radius 1 is 0.540 bits per heavy atom. The van der Waals surface area contributed by atoms with Gasteiger partial charge in [-0.25, -0.2) is 8.42 Å². The Morgan fingerprint density at radius 3 is 1.14 bits per heavy atom. The van der Waals surface area contributed by atoms with Crippen LogP contribution in [0.25, 0.3) is 0 Å². The van der Waals surface area contributed by atoms with E-state index in [9.17, 15) is 114 Å². The van der Waals surface area contributed by atoms with Gasteiger partial charge in [-0.15, -0.1) is 0 Å². The molecular weight excluding hydrogens is 815 g/mol.